The fourth-order valence-electron chi connectivity index (χ4n) is 2.59. The van der Waals surface area contributed by atoms with E-state index in [0.717, 1.165) is 11.1 Å². The Balaban J connectivity index is 1.86. The topological polar surface area (TPSA) is 40.6 Å². The summed E-state index contributed by atoms with van der Waals surface area (Å²) in [4.78, 5) is 28.0. The maximum atomic E-state index is 12.5. The average Bonchev–Trinajstić information content (AvgIpc) is 2.54. The molecule has 0 bridgehead atoms. The molecule has 124 valence electrons. The van der Waals surface area contributed by atoms with Crippen molar-refractivity contribution in [1.82, 2.24) is 0 Å². The average molecular weight is 363 g/mol. The lowest BCUT2D eigenvalue weighted by atomic mass is 10.1. The second kappa shape index (κ2) is 6.46. The van der Waals surface area contributed by atoms with E-state index in [0.29, 0.717) is 21.4 Å². The molecule has 1 heterocycles. The molecule has 4 nitrogen and oxygen atoms in total. The van der Waals surface area contributed by atoms with E-state index in [2.05, 4.69) is 0 Å². The maximum Gasteiger partial charge on any atom is 0.247 e. The van der Waals surface area contributed by atoms with Crippen LogP contribution in [0.2, 0.25) is 10.0 Å². The molecule has 1 aliphatic heterocycles. The Hall–Kier alpha value is -2.04. The van der Waals surface area contributed by atoms with Crippen LogP contribution in [0.5, 0.6) is 0 Å². The van der Waals surface area contributed by atoms with Crippen LogP contribution in [-0.2, 0) is 9.59 Å². The first kappa shape index (κ1) is 16.8. The summed E-state index contributed by atoms with van der Waals surface area (Å²) in [6.07, 6.45) is 0. The zero-order valence-electron chi connectivity index (χ0n) is 13.3. The Morgan fingerprint density at radius 3 is 1.46 bits per heavy atom. The minimum Gasteiger partial charge on any atom is -0.301 e. The zero-order valence-corrected chi connectivity index (χ0v) is 14.9. The summed E-state index contributed by atoms with van der Waals surface area (Å²) in [6.45, 7) is 3.73. The van der Waals surface area contributed by atoms with Crippen LogP contribution < -0.4 is 9.80 Å². The van der Waals surface area contributed by atoms with Crippen molar-refractivity contribution >= 4 is 46.4 Å². The number of hydrogen-bond acceptors (Lipinski definition) is 2. The van der Waals surface area contributed by atoms with Gasteiger partial charge in [0.25, 0.3) is 0 Å². The van der Waals surface area contributed by atoms with Gasteiger partial charge in [-0.05, 0) is 49.2 Å². The van der Waals surface area contributed by atoms with E-state index in [4.69, 9.17) is 23.2 Å². The molecule has 0 atom stereocenters. The van der Waals surface area contributed by atoms with Crippen molar-refractivity contribution in [3.05, 3.63) is 57.6 Å². The summed E-state index contributed by atoms with van der Waals surface area (Å²) >= 11 is 12.3. The quantitative estimate of drug-likeness (QED) is 0.810. The maximum absolute atomic E-state index is 12.5. The van der Waals surface area contributed by atoms with Gasteiger partial charge in [0.15, 0.2) is 0 Å². The van der Waals surface area contributed by atoms with E-state index in [1.165, 1.54) is 9.80 Å². The Kier molecular flexibility index (Phi) is 4.52. The number of carbonyl (C=O) groups is 2. The van der Waals surface area contributed by atoms with E-state index < -0.39 is 0 Å². The molecule has 1 aliphatic rings. The molecule has 1 fully saturated rings. The molecule has 0 N–H and O–H groups in total. The fourth-order valence-corrected chi connectivity index (χ4v) is 2.94. The molecule has 0 radical (unpaired) electrons. The molecule has 2 aromatic carbocycles. The van der Waals surface area contributed by atoms with E-state index in [-0.39, 0.29) is 24.9 Å². The normalized spacial score (nSPS) is 15.2. The van der Waals surface area contributed by atoms with Gasteiger partial charge in [-0.2, -0.15) is 0 Å². The van der Waals surface area contributed by atoms with E-state index in [1.807, 2.05) is 26.0 Å². The summed E-state index contributed by atoms with van der Waals surface area (Å²) in [5, 5.41) is 1.14. The van der Waals surface area contributed by atoms with Gasteiger partial charge in [-0.1, -0.05) is 35.3 Å². The van der Waals surface area contributed by atoms with Gasteiger partial charge in [0.2, 0.25) is 11.8 Å². The van der Waals surface area contributed by atoms with Gasteiger partial charge >= 0.3 is 0 Å². The lowest BCUT2D eigenvalue weighted by Crippen LogP contribution is -2.54. The predicted molar refractivity (Wildman–Crippen MR) is 97.1 cm³/mol. The number of carbonyl (C=O) groups excluding carboxylic acids is 2. The van der Waals surface area contributed by atoms with Crippen LogP contribution in [-0.4, -0.2) is 24.9 Å². The number of rotatable bonds is 2. The number of piperazine rings is 1. The lowest BCUT2D eigenvalue weighted by Gasteiger charge is -2.34. The third-order valence-corrected chi connectivity index (χ3v) is 4.94. The summed E-state index contributed by atoms with van der Waals surface area (Å²) < 4.78 is 0. The third-order valence-electron chi connectivity index (χ3n) is 4.12. The summed E-state index contributed by atoms with van der Waals surface area (Å²) in [6, 6.07) is 10.7. The second-order valence-corrected chi connectivity index (χ2v) is 6.64. The number of halogens is 2. The van der Waals surface area contributed by atoms with Crippen LogP contribution in [0, 0.1) is 13.8 Å². The van der Waals surface area contributed by atoms with Gasteiger partial charge in [0.05, 0.1) is 0 Å². The first-order chi connectivity index (χ1) is 11.4. The number of hydrogen-bond donors (Lipinski definition) is 0. The largest absolute Gasteiger partial charge is 0.301 e. The van der Waals surface area contributed by atoms with Gasteiger partial charge in [-0.3, -0.25) is 9.59 Å². The first-order valence-electron chi connectivity index (χ1n) is 7.50. The predicted octanol–water partition coefficient (Wildman–Crippen LogP) is 3.99. The number of aryl methyl sites for hydroxylation is 2. The van der Waals surface area contributed by atoms with E-state index in [1.54, 1.807) is 24.3 Å². The Morgan fingerprint density at radius 1 is 0.750 bits per heavy atom. The monoisotopic (exact) mass is 362 g/mol. The molecule has 6 heteroatoms. The van der Waals surface area contributed by atoms with E-state index >= 15 is 0 Å². The molecule has 3 rings (SSSR count). The van der Waals surface area contributed by atoms with Crippen molar-refractivity contribution in [2.24, 2.45) is 0 Å². The standard InChI is InChI=1S/C18H16Cl2N2O2/c1-11-3-5-13(7-15(11)19)21-9-18(24)22(10-17(21)23)14-6-4-12(2)16(20)8-14/h3-8H,9-10H2,1-2H3. The molecule has 2 amide bonds. The molecule has 0 aliphatic carbocycles. The van der Waals surface area contributed by atoms with Crippen LogP contribution in [0.25, 0.3) is 0 Å². The molecule has 0 aromatic heterocycles. The van der Waals surface area contributed by atoms with Crippen molar-refractivity contribution in [2.45, 2.75) is 13.8 Å². The minimum absolute atomic E-state index is 0.0241. The first-order valence-corrected chi connectivity index (χ1v) is 8.25. The smallest absolute Gasteiger partial charge is 0.247 e. The highest BCUT2D eigenvalue weighted by molar-refractivity contribution is 6.32. The van der Waals surface area contributed by atoms with Gasteiger partial charge < -0.3 is 9.80 Å². The highest BCUT2D eigenvalue weighted by Crippen LogP contribution is 2.28. The summed E-state index contributed by atoms with van der Waals surface area (Å²) in [5.74, 6) is -0.322. The molecule has 24 heavy (non-hydrogen) atoms. The second-order valence-electron chi connectivity index (χ2n) is 5.83. The molecule has 2 aromatic rings. The van der Waals surface area contributed by atoms with Crippen LogP contribution in [0.15, 0.2) is 36.4 Å². The van der Waals surface area contributed by atoms with Crippen LogP contribution in [0.1, 0.15) is 11.1 Å². The van der Waals surface area contributed by atoms with E-state index in [9.17, 15) is 9.59 Å². The molecular weight excluding hydrogens is 347 g/mol. The summed E-state index contributed by atoms with van der Waals surface area (Å²) in [5.41, 5.74) is 3.11. The summed E-state index contributed by atoms with van der Waals surface area (Å²) in [7, 11) is 0. The Labute approximate surface area is 150 Å². The van der Waals surface area contributed by atoms with Crippen molar-refractivity contribution in [2.75, 3.05) is 22.9 Å². The van der Waals surface area contributed by atoms with Crippen LogP contribution in [0.3, 0.4) is 0 Å². The number of benzene rings is 2. The zero-order chi connectivity index (χ0) is 17.4. The SMILES string of the molecule is Cc1ccc(N2CC(=O)N(c3ccc(C)c(Cl)c3)CC2=O)cc1Cl. The van der Waals surface area contributed by atoms with Gasteiger partial charge in [0, 0.05) is 21.4 Å². The molecular formula is C18H16Cl2N2O2. The Morgan fingerprint density at radius 2 is 1.12 bits per heavy atom. The lowest BCUT2D eigenvalue weighted by molar-refractivity contribution is -0.125. The van der Waals surface area contributed by atoms with Crippen molar-refractivity contribution in [3.8, 4) is 0 Å². The minimum atomic E-state index is -0.161. The van der Waals surface area contributed by atoms with Crippen LogP contribution in [0.4, 0.5) is 11.4 Å². The van der Waals surface area contributed by atoms with Crippen molar-refractivity contribution in [1.29, 1.82) is 0 Å². The van der Waals surface area contributed by atoms with Gasteiger partial charge in [-0.25, -0.2) is 0 Å². The number of anilines is 2. The third kappa shape index (κ3) is 3.12. The van der Waals surface area contributed by atoms with Gasteiger partial charge in [-0.15, -0.1) is 0 Å². The number of nitrogens with zero attached hydrogens (tertiary/aromatic N) is 2. The van der Waals surface area contributed by atoms with Crippen LogP contribution >= 0.6 is 23.2 Å². The fraction of sp³-hybridized carbons (Fsp3) is 0.222. The molecule has 0 spiro atoms. The molecule has 0 unspecified atom stereocenters. The highest BCUT2D eigenvalue weighted by atomic mass is 35.5. The van der Waals surface area contributed by atoms with Crippen molar-refractivity contribution in [3.63, 3.8) is 0 Å². The van der Waals surface area contributed by atoms with Gasteiger partial charge in [0.1, 0.15) is 13.1 Å². The highest BCUT2D eigenvalue weighted by Gasteiger charge is 2.32. The van der Waals surface area contributed by atoms with Crippen molar-refractivity contribution < 1.29 is 9.59 Å². The number of amides is 2. The molecule has 0 saturated carbocycles. The Bertz CT molecular complexity index is 766. The molecule has 1 saturated heterocycles.